The lowest BCUT2D eigenvalue weighted by molar-refractivity contribution is 0.0952. The van der Waals surface area contributed by atoms with Crippen molar-refractivity contribution < 1.29 is 13.2 Å². The normalized spacial score (nSPS) is 11.4. The molecule has 18 heavy (non-hydrogen) atoms. The Morgan fingerprint density at radius 1 is 1.33 bits per heavy atom. The van der Waals surface area contributed by atoms with Gasteiger partial charge < -0.3 is 5.32 Å². The van der Waals surface area contributed by atoms with Crippen LogP contribution in [0.2, 0.25) is 0 Å². The zero-order valence-electron chi connectivity index (χ0n) is 9.12. The highest BCUT2D eigenvalue weighted by atomic mass is 32.2. The monoisotopic (exact) mass is 302 g/mol. The van der Waals surface area contributed by atoms with Gasteiger partial charge in [0.1, 0.15) is 4.21 Å². The fourth-order valence-corrected chi connectivity index (χ4v) is 3.62. The number of amides is 1. The van der Waals surface area contributed by atoms with Crippen molar-refractivity contribution in [1.82, 2.24) is 5.32 Å². The Labute approximate surface area is 112 Å². The summed E-state index contributed by atoms with van der Waals surface area (Å²) in [6.45, 7) is 0.287. The average molecular weight is 302 g/mol. The molecule has 3 N–H and O–H groups in total. The third kappa shape index (κ3) is 3.16. The van der Waals surface area contributed by atoms with Crippen molar-refractivity contribution in [2.75, 3.05) is 0 Å². The Morgan fingerprint density at radius 2 is 2.11 bits per heavy atom. The summed E-state index contributed by atoms with van der Waals surface area (Å²) in [4.78, 5) is 12.4. The number of sulfonamides is 1. The third-order valence-corrected chi connectivity index (χ3v) is 5.33. The molecular formula is C10H10N2O3S3. The molecule has 1 amide bonds. The molecule has 0 saturated carbocycles. The Kier molecular flexibility index (Phi) is 3.81. The van der Waals surface area contributed by atoms with E-state index in [1.54, 1.807) is 17.5 Å². The minimum Gasteiger partial charge on any atom is -0.347 e. The van der Waals surface area contributed by atoms with E-state index < -0.39 is 10.0 Å². The fourth-order valence-electron chi connectivity index (χ4n) is 1.27. The van der Waals surface area contributed by atoms with Crippen LogP contribution in [-0.2, 0) is 16.6 Å². The maximum Gasteiger partial charge on any atom is 0.252 e. The molecule has 0 aliphatic carbocycles. The number of thiophene rings is 2. The van der Waals surface area contributed by atoms with Gasteiger partial charge in [-0.3, -0.25) is 4.79 Å². The van der Waals surface area contributed by atoms with Gasteiger partial charge in [0, 0.05) is 15.8 Å². The second-order valence-electron chi connectivity index (χ2n) is 3.46. The third-order valence-electron chi connectivity index (χ3n) is 2.12. The quantitative estimate of drug-likeness (QED) is 0.894. The first-order valence-electron chi connectivity index (χ1n) is 4.89. The molecule has 0 saturated heterocycles. The highest BCUT2D eigenvalue weighted by Crippen LogP contribution is 2.20. The summed E-state index contributed by atoms with van der Waals surface area (Å²) in [5.74, 6) is -0.179. The van der Waals surface area contributed by atoms with Crippen LogP contribution in [0.5, 0.6) is 0 Å². The maximum atomic E-state index is 11.6. The molecule has 0 atom stereocenters. The fraction of sp³-hybridized carbons (Fsp3) is 0.100. The van der Waals surface area contributed by atoms with Gasteiger partial charge in [-0.25, -0.2) is 13.6 Å². The molecule has 0 fully saturated rings. The smallest absolute Gasteiger partial charge is 0.252 e. The van der Waals surface area contributed by atoms with Crippen LogP contribution in [-0.4, -0.2) is 14.3 Å². The first kappa shape index (κ1) is 13.2. The molecule has 0 radical (unpaired) electrons. The highest BCUT2D eigenvalue weighted by Gasteiger charge is 2.12. The lowest BCUT2D eigenvalue weighted by atomic mass is 10.3. The van der Waals surface area contributed by atoms with Gasteiger partial charge in [-0.05, 0) is 23.6 Å². The van der Waals surface area contributed by atoms with E-state index in [9.17, 15) is 13.2 Å². The number of rotatable bonds is 4. The summed E-state index contributed by atoms with van der Waals surface area (Å²) < 4.78 is 22.2. The minimum absolute atomic E-state index is 0.0993. The number of carbonyl (C=O) groups excluding carboxylic acids is 1. The molecule has 2 aromatic heterocycles. The van der Waals surface area contributed by atoms with Crippen LogP contribution in [0, 0.1) is 0 Å². The molecule has 8 heteroatoms. The van der Waals surface area contributed by atoms with E-state index in [1.165, 1.54) is 17.4 Å². The van der Waals surface area contributed by atoms with E-state index in [1.807, 2.05) is 5.38 Å². The largest absolute Gasteiger partial charge is 0.347 e. The lowest BCUT2D eigenvalue weighted by Gasteiger charge is -2.00. The molecule has 0 unspecified atom stereocenters. The van der Waals surface area contributed by atoms with E-state index in [4.69, 9.17) is 5.14 Å². The summed E-state index contributed by atoms with van der Waals surface area (Å²) >= 11 is 2.50. The van der Waals surface area contributed by atoms with E-state index in [0.29, 0.717) is 5.56 Å². The van der Waals surface area contributed by atoms with Gasteiger partial charge in [-0.15, -0.1) is 11.3 Å². The number of carbonyl (C=O) groups is 1. The molecule has 0 aromatic carbocycles. The van der Waals surface area contributed by atoms with Crippen LogP contribution < -0.4 is 10.5 Å². The second kappa shape index (κ2) is 5.19. The van der Waals surface area contributed by atoms with Gasteiger partial charge >= 0.3 is 0 Å². The molecule has 0 bridgehead atoms. The van der Waals surface area contributed by atoms with Crippen molar-refractivity contribution in [3.05, 3.63) is 39.4 Å². The van der Waals surface area contributed by atoms with Gasteiger partial charge in [0.05, 0.1) is 6.54 Å². The summed E-state index contributed by atoms with van der Waals surface area (Å²) in [7, 11) is -3.66. The van der Waals surface area contributed by atoms with Crippen molar-refractivity contribution in [1.29, 1.82) is 0 Å². The van der Waals surface area contributed by atoms with Gasteiger partial charge in [0.25, 0.3) is 5.91 Å². The standard InChI is InChI=1S/C10H10N2O3S3/c11-18(14,15)9-2-1-8(17-9)5-12-10(13)7-3-4-16-6-7/h1-4,6H,5H2,(H,12,13)(H2,11,14,15). The van der Waals surface area contributed by atoms with Crippen molar-refractivity contribution in [2.24, 2.45) is 5.14 Å². The predicted molar refractivity (Wildman–Crippen MR) is 71.2 cm³/mol. The van der Waals surface area contributed by atoms with Gasteiger partial charge in [-0.2, -0.15) is 11.3 Å². The van der Waals surface area contributed by atoms with Gasteiger partial charge in [0.2, 0.25) is 10.0 Å². The molecule has 2 heterocycles. The van der Waals surface area contributed by atoms with Crippen LogP contribution in [0.3, 0.4) is 0 Å². The van der Waals surface area contributed by atoms with Crippen LogP contribution in [0.15, 0.2) is 33.2 Å². The SMILES string of the molecule is NS(=O)(=O)c1ccc(CNC(=O)c2ccsc2)s1. The molecule has 96 valence electrons. The topological polar surface area (TPSA) is 89.3 Å². The Hall–Kier alpha value is -1.22. The molecule has 0 spiro atoms. The molecule has 0 aliphatic rings. The number of nitrogens with two attached hydrogens (primary N) is 1. The zero-order chi connectivity index (χ0) is 13.2. The van der Waals surface area contributed by atoms with Crippen molar-refractivity contribution in [3.63, 3.8) is 0 Å². The lowest BCUT2D eigenvalue weighted by Crippen LogP contribution is -2.21. The molecular weight excluding hydrogens is 292 g/mol. The minimum atomic E-state index is -3.66. The highest BCUT2D eigenvalue weighted by molar-refractivity contribution is 7.91. The Morgan fingerprint density at radius 3 is 2.67 bits per heavy atom. The molecule has 2 rings (SSSR count). The van der Waals surface area contributed by atoms with E-state index in [-0.39, 0.29) is 16.7 Å². The van der Waals surface area contributed by atoms with E-state index >= 15 is 0 Å². The first-order valence-corrected chi connectivity index (χ1v) is 8.19. The molecule has 0 aliphatic heterocycles. The van der Waals surface area contributed by atoms with Crippen molar-refractivity contribution >= 4 is 38.6 Å². The Balaban J connectivity index is 1.99. The van der Waals surface area contributed by atoms with E-state index in [0.717, 1.165) is 16.2 Å². The van der Waals surface area contributed by atoms with E-state index in [2.05, 4.69) is 5.32 Å². The van der Waals surface area contributed by atoms with Crippen LogP contribution in [0.1, 0.15) is 15.2 Å². The molecule has 5 nitrogen and oxygen atoms in total. The Bertz CT molecular complexity index is 644. The number of hydrogen-bond donors (Lipinski definition) is 2. The van der Waals surface area contributed by atoms with Crippen LogP contribution in [0.25, 0.3) is 0 Å². The van der Waals surface area contributed by atoms with Crippen LogP contribution in [0.4, 0.5) is 0 Å². The second-order valence-corrected chi connectivity index (χ2v) is 7.20. The van der Waals surface area contributed by atoms with Gasteiger partial charge in [-0.1, -0.05) is 0 Å². The number of primary sulfonamides is 1. The van der Waals surface area contributed by atoms with Crippen LogP contribution >= 0.6 is 22.7 Å². The van der Waals surface area contributed by atoms with Gasteiger partial charge in [0.15, 0.2) is 0 Å². The summed E-state index contributed by atoms with van der Waals surface area (Å²) in [6, 6.07) is 4.80. The summed E-state index contributed by atoms with van der Waals surface area (Å²) in [6.07, 6.45) is 0. The van der Waals surface area contributed by atoms with Crippen molar-refractivity contribution in [2.45, 2.75) is 10.8 Å². The summed E-state index contributed by atoms with van der Waals surface area (Å²) in [5.41, 5.74) is 0.600. The zero-order valence-corrected chi connectivity index (χ0v) is 11.6. The predicted octanol–water partition coefficient (Wildman–Crippen LogP) is 1.39. The number of nitrogens with one attached hydrogen (secondary N) is 1. The average Bonchev–Trinajstić information content (AvgIpc) is 2.96. The molecule has 2 aromatic rings. The number of hydrogen-bond acceptors (Lipinski definition) is 5. The first-order chi connectivity index (χ1) is 8.47. The van der Waals surface area contributed by atoms with Crippen molar-refractivity contribution in [3.8, 4) is 0 Å². The summed E-state index contributed by atoms with van der Waals surface area (Å²) in [5, 5.41) is 11.3. The maximum absolute atomic E-state index is 11.6.